The second-order valence-electron chi connectivity index (χ2n) is 4.94. The van der Waals surface area contributed by atoms with Crippen molar-refractivity contribution in [2.24, 2.45) is 0 Å². The largest absolute Gasteiger partial charge is 0.378 e. The number of anilines is 1. The summed E-state index contributed by atoms with van der Waals surface area (Å²) in [5.74, 6) is -0.888. The molecule has 0 aliphatic carbocycles. The van der Waals surface area contributed by atoms with Crippen molar-refractivity contribution in [1.29, 1.82) is 0 Å². The average Bonchev–Trinajstić information content (AvgIpc) is 2.83. The summed E-state index contributed by atoms with van der Waals surface area (Å²) in [5.41, 5.74) is 2.32. The number of hydrogen-bond donors (Lipinski definition) is 2. The van der Waals surface area contributed by atoms with Gasteiger partial charge in [0.1, 0.15) is 11.6 Å². The van der Waals surface area contributed by atoms with E-state index in [0.29, 0.717) is 17.1 Å². The van der Waals surface area contributed by atoms with E-state index in [-0.39, 0.29) is 5.69 Å². The molecule has 2 nitrogen and oxygen atoms in total. The molecule has 0 radical (unpaired) electrons. The number of halogens is 3. The van der Waals surface area contributed by atoms with E-state index in [1.807, 2.05) is 18.3 Å². The third-order valence-electron chi connectivity index (χ3n) is 3.45. The molecule has 0 bridgehead atoms. The molecule has 108 valence electrons. The summed E-state index contributed by atoms with van der Waals surface area (Å²) in [7, 11) is 0. The number of hydrogen-bond acceptors (Lipinski definition) is 1. The maximum atomic E-state index is 13.8. The first-order valence-electron chi connectivity index (χ1n) is 6.49. The van der Waals surface area contributed by atoms with Gasteiger partial charge in [0.25, 0.3) is 0 Å². The maximum Gasteiger partial charge on any atom is 0.146 e. The molecule has 0 spiro atoms. The SMILES string of the molecule is Cc1cc(F)c(NCc2c[nH]c3cc(Cl)ccc23)cc1F. The Labute approximate surface area is 125 Å². The normalized spacial score (nSPS) is 11.0. The monoisotopic (exact) mass is 306 g/mol. The van der Waals surface area contributed by atoms with Crippen LogP contribution in [-0.2, 0) is 6.54 Å². The molecule has 0 aliphatic rings. The highest BCUT2D eigenvalue weighted by atomic mass is 35.5. The Morgan fingerprint density at radius 1 is 1.14 bits per heavy atom. The van der Waals surface area contributed by atoms with Crippen LogP contribution in [0.15, 0.2) is 36.5 Å². The molecule has 0 unspecified atom stereocenters. The van der Waals surface area contributed by atoms with Crippen molar-refractivity contribution < 1.29 is 8.78 Å². The Bertz CT molecular complexity index is 811. The topological polar surface area (TPSA) is 27.8 Å². The summed E-state index contributed by atoms with van der Waals surface area (Å²) in [6.07, 6.45) is 1.83. The molecule has 3 rings (SSSR count). The summed E-state index contributed by atoms with van der Waals surface area (Å²) >= 11 is 5.93. The molecule has 2 aromatic carbocycles. The van der Waals surface area contributed by atoms with Crippen LogP contribution in [0, 0.1) is 18.6 Å². The molecule has 0 atom stereocenters. The second kappa shape index (κ2) is 5.37. The minimum Gasteiger partial charge on any atom is -0.378 e. The van der Waals surface area contributed by atoms with Crippen molar-refractivity contribution in [2.45, 2.75) is 13.5 Å². The van der Waals surface area contributed by atoms with Crippen molar-refractivity contribution in [2.75, 3.05) is 5.32 Å². The molecule has 0 aliphatic heterocycles. The minimum absolute atomic E-state index is 0.154. The van der Waals surface area contributed by atoms with Gasteiger partial charge in [-0.3, -0.25) is 0 Å². The highest BCUT2D eigenvalue weighted by molar-refractivity contribution is 6.31. The highest BCUT2D eigenvalue weighted by Gasteiger charge is 2.09. The van der Waals surface area contributed by atoms with E-state index in [9.17, 15) is 8.78 Å². The first kappa shape index (κ1) is 13.9. The van der Waals surface area contributed by atoms with Gasteiger partial charge in [0, 0.05) is 34.7 Å². The number of benzene rings is 2. The van der Waals surface area contributed by atoms with Gasteiger partial charge in [-0.25, -0.2) is 8.78 Å². The number of nitrogens with one attached hydrogen (secondary N) is 2. The van der Waals surface area contributed by atoms with Crippen LogP contribution in [0.3, 0.4) is 0 Å². The van der Waals surface area contributed by atoms with Gasteiger partial charge in [-0.05, 0) is 36.2 Å². The zero-order chi connectivity index (χ0) is 15.0. The van der Waals surface area contributed by atoms with Gasteiger partial charge in [-0.1, -0.05) is 17.7 Å². The van der Waals surface area contributed by atoms with E-state index in [4.69, 9.17) is 11.6 Å². The molecule has 1 aromatic heterocycles. The Hall–Kier alpha value is -2.07. The van der Waals surface area contributed by atoms with E-state index in [1.165, 1.54) is 19.1 Å². The Morgan fingerprint density at radius 2 is 1.95 bits per heavy atom. The summed E-state index contributed by atoms with van der Waals surface area (Å²) < 4.78 is 27.3. The molecule has 5 heteroatoms. The van der Waals surface area contributed by atoms with Crippen molar-refractivity contribution in [1.82, 2.24) is 4.98 Å². The Balaban J connectivity index is 1.85. The fourth-order valence-electron chi connectivity index (χ4n) is 2.28. The predicted molar refractivity (Wildman–Crippen MR) is 81.7 cm³/mol. The van der Waals surface area contributed by atoms with Crippen molar-refractivity contribution in [3.63, 3.8) is 0 Å². The van der Waals surface area contributed by atoms with Crippen LogP contribution in [-0.4, -0.2) is 4.98 Å². The Morgan fingerprint density at radius 3 is 2.76 bits per heavy atom. The van der Waals surface area contributed by atoms with Gasteiger partial charge >= 0.3 is 0 Å². The van der Waals surface area contributed by atoms with Crippen LogP contribution >= 0.6 is 11.6 Å². The summed E-state index contributed by atoms with van der Waals surface area (Å²) in [6.45, 7) is 1.92. The molecule has 21 heavy (non-hydrogen) atoms. The zero-order valence-corrected chi connectivity index (χ0v) is 12.1. The lowest BCUT2D eigenvalue weighted by molar-refractivity contribution is 0.594. The molecule has 1 heterocycles. The third-order valence-corrected chi connectivity index (χ3v) is 3.68. The second-order valence-corrected chi connectivity index (χ2v) is 5.38. The third kappa shape index (κ3) is 2.72. The van der Waals surface area contributed by atoms with Crippen molar-refractivity contribution >= 4 is 28.2 Å². The van der Waals surface area contributed by atoms with E-state index >= 15 is 0 Å². The molecular weight excluding hydrogens is 294 g/mol. The molecule has 0 amide bonds. The number of aromatic amines is 1. The average molecular weight is 307 g/mol. The van der Waals surface area contributed by atoms with Crippen molar-refractivity contribution in [3.05, 3.63) is 64.3 Å². The number of H-pyrrole nitrogens is 1. The first-order valence-corrected chi connectivity index (χ1v) is 6.87. The fraction of sp³-hybridized carbons (Fsp3) is 0.125. The Kier molecular flexibility index (Phi) is 3.55. The van der Waals surface area contributed by atoms with Gasteiger partial charge in [-0.2, -0.15) is 0 Å². The number of aromatic nitrogens is 1. The smallest absolute Gasteiger partial charge is 0.146 e. The molecule has 2 N–H and O–H groups in total. The quantitative estimate of drug-likeness (QED) is 0.698. The highest BCUT2D eigenvalue weighted by Crippen LogP contribution is 2.24. The standard InChI is InChI=1S/C16H13ClF2N2/c1-9-4-14(19)16(6-13(9)18)21-8-10-7-20-15-5-11(17)2-3-12(10)15/h2-7,20-21H,8H2,1H3. The van der Waals surface area contributed by atoms with E-state index < -0.39 is 11.6 Å². The van der Waals surface area contributed by atoms with Gasteiger partial charge in [0.15, 0.2) is 0 Å². The van der Waals surface area contributed by atoms with Crippen LogP contribution in [0.1, 0.15) is 11.1 Å². The lowest BCUT2D eigenvalue weighted by Gasteiger charge is -2.08. The predicted octanol–water partition coefficient (Wildman–Crippen LogP) is 5.02. The molecule has 3 aromatic rings. The van der Waals surface area contributed by atoms with Crippen LogP contribution in [0.4, 0.5) is 14.5 Å². The number of fused-ring (bicyclic) bond motifs is 1. The summed E-state index contributed by atoms with van der Waals surface area (Å²) in [4.78, 5) is 3.11. The van der Waals surface area contributed by atoms with Gasteiger partial charge < -0.3 is 10.3 Å². The fourth-order valence-corrected chi connectivity index (χ4v) is 2.45. The molecule has 0 saturated heterocycles. The van der Waals surface area contributed by atoms with Crippen LogP contribution in [0.2, 0.25) is 5.02 Å². The molecular formula is C16H13ClF2N2. The first-order chi connectivity index (χ1) is 10.0. The van der Waals surface area contributed by atoms with E-state index in [1.54, 1.807) is 6.07 Å². The van der Waals surface area contributed by atoms with E-state index in [2.05, 4.69) is 10.3 Å². The number of aryl methyl sites for hydroxylation is 1. The van der Waals surface area contributed by atoms with E-state index in [0.717, 1.165) is 16.5 Å². The van der Waals surface area contributed by atoms with Crippen molar-refractivity contribution in [3.8, 4) is 0 Å². The maximum absolute atomic E-state index is 13.8. The van der Waals surface area contributed by atoms with Crippen LogP contribution in [0.25, 0.3) is 10.9 Å². The van der Waals surface area contributed by atoms with Gasteiger partial charge in [0.05, 0.1) is 5.69 Å². The summed E-state index contributed by atoms with van der Waals surface area (Å²) in [5, 5.41) is 4.57. The lowest BCUT2D eigenvalue weighted by atomic mass is 10.1. The lowest BCUT2D eigenvalue weighted by Crippen LogP contribution is -2.02. The van der Waals surface area contributed by atoms with Crippen LogP contribution in [0.5, 0.6) is 0 Å². The molecule has 0 fully saturated rings. The van der Waals surface area contributed by atoms with Gasteiger partial charge in [-0.15, -0.1) is 0 Å². The minimum atomic E-state index is -0.461. The molecule has 0 saturated carbocycles. The van der Waals surface area contributed by atoms with Crippen LogP contribution < -0.4 is 5.32 Å². The summed E-state index contributed by atoms with van der Waals surface area (Å²) in [6, 6.07) is 7.89. The zero-order valence-electron chi connectivity index (χ0n) is 11.3. The number of rotatable bonds is 3. The van der Waals surface area contributed by atoms with Gasteiger partial charge in [0.2, 0.25) is 0 Å².